The van der Waals surface area contributed by atoms with Gasteiger partial charge in [0.2, 0.25) is 17.6 Å². The average molecular weight is 543 g/mol. The predicted octanol–water partition coefficient (Wildman–Crippen LogP) is 7.42. The first-order chi connectivity index (χ1) is 16.9. The molecule has 37 heavy (non-hydrogen) atoms. The third-order valence-electron chi connectivity index (χ3n) is 5.15. The van der Waals surface area contributed by atoms with Crippen molar-refractivity contribution >= 4 is 11.8 Å². The van der Waals surface area contributed by atoms with Crippen molar-refractivity contribution in [3.63, 3.8) is 0 Å². The van der Waals surface area contributed by atoms with Gasteiger partial charge in [0.05, 0.1) is 0 Å². The first-order valence-electron chi connectivity index (χ1n) is 11.1. The maximum absolute atomic E-state index is 12.9. The van der Waals surface area contributed by atoms with E-state index in [4.69, 9.17) is 0 Å². The molecule has 2 aromatic carbocycles. The molecule has 2 amide bonds. The number of amides is 2. The van der Waals surface area contributed by atoms with Crippen LogP contribution in [0.1, 0.15) is 77.3 Å². The van der Waals surface area contributed by atoms with Gasteiger partial charge in [0, 0.05) is 36.1 Å². The highest BCUT2D eigenvalue weighted by Gasteiger charge is 2.30. The molecule has 206 valence electrons. The highest BCUT2D eigenvalue weighted by Crippen LogP contribution is 2.28. The lowest BCUT2D eigenvalue weighted by Crippen LogP contribution is -2.35. The first kappa shape index (κ1) is 32.0. The van der Waals surface area contributed by atoms with E-state index < -0.39 is 75.3 Å². The third-order valence-corrected chi connectivity index (χ3v) is 5.15. The van der Waals surface area contributed by atoms with Crippen LogP contribution in [0.3, 0.4) is 0 Å². The minimum Gasteiger partial charge on any atom is -0.280 e. The molecule has 0 radical (unpaired) electrons. The SMILES string of the molecule is CC(C)N1C(=O)CCC1=O.CC(C)c1c(F)c(F)c(F)c(F)c1F.CC(C)c1c(F)c(F)cc(F)c1F. The summed E-state index contributed by atoms with van der Waals surface area (Å²) in [6.07, 6.45) is 0.800. The Kier molecular flexibility index (Phi) is 11.2. The molecule has 0 N–H and O–H groups in total. The van der Waals surface area contributed by atoms with Crippen LogP contribution in [0, 0.1) is 52.4 Å². The Labute approximate surface area is 208 Å². The lowest BCUT2D eigenvalue weighted by atomic mass is 10.0. The van der Waals surface area contributed by atoms with Crippen molar-refractivity contribution in [2.75, 3.05) is 0 Å². The maximum atomic E-state index is 12.9. The summed E-state index contributed by atoms with van der Waals surface area (Å²) >= 11 is 0. The molecule has 0 bridgehead atoms. The monoisotopic (exact) mass is 543 g/mol. The van der Waals surface area contributed by atoms with Crippen LogP contribution in [-0.2, 0) is 9.59 Å². The molecule has 1 saturated heterocycles. The van der Waals surface area contributed by atoms with E-state index in [1.807, 2.05) is 13.8 Å². The van der Waals surface area contributed by atoms with E-state index in [2.05, 4.69) is 0 Å². The van der Waals surface area contributed by atoms with Gasteiger partial charge in [-0.05, 0) is 25.7 Å². The summed E-state index contributed by atoms with van der Waals surface area (Å²) in [5.41, 5.74) is -1.32. The second-order valence-electron chi connectivity index (χ2n) is 8.93. The van der Waals surface area contributed by atoms with E-state index in [1.165, 1.54) is 32.6 Å². The van der Waals surface area contributed by atoms with Crippen LogP contribution < -0.4 is 0 Å². The first-order valence-corrected chi connectivity index (χ1v) is 11.1. The highest BCUT2D eigenvalue weighted by molar-refractivity contribution is 6.02. The number of carbonyl (C=O) groups excluding carboxylic acids is 2. The summed E-state index contributed by atoms with van der Waals surface area (Å²) < 4.78 is 115. The Balaban J connectivity index is 0.000000281. The lowest BCUT2D eigenvalue weighted by molar-refractivity contribution is -0.140. The summed E-state index contributed by atoms with van der Waals surface area (Å²) in [6, 6.07) is 0.235. The van der Waals surface area contributed by atoms with E-state index >= 15 is 0 Å². The molecule has 0 saturated carbocycles. The van der Waals surface area contributed by atoms with Crippen molar-refractivity contribution in [3.05, 3.63) is 69.5 Å². The molecule has 2 aromatic rings. The van der Waals surface area contributed by atoms with Gasteiger partial charge in [-0.15, -0.1) is 0 Å². The summed E-state index contributed by atoms with van der Waals surface area (Å²) in [5, 5.41) is 0. The van der Waals surface area contributed by atoms with E-state index in [0.29, 0.717) is 12.8 Å². The van der Waals surface area contributed by atoms with Gasteiger partial charge >= 0.3 is 0 Å². The molecule has 0 atom stereocenters. The summed E-state index contributed by atoms with van der Waals surface area (Å²) in [4.78, 5) is 23.2. The topological polar surface area (TPSA) is 37.4 Å². The molecule has 0 aromatic heterocycles. The average Bonchev–Trinajstić information content (AvgIpc) is 3.14. The molecule has 0 unspecified atom stereocenters. The van der Waals surface area contributed by atoms with E-state index in [9.17, 15) is 49.1 Å². The number of nitrogens with zero attached hydrogens (tertiary/aromatic N) is 1. The fourth-order valence-electron chi connectivity index (χ4n) is 3.40. The van der Waals surface area contributed by atoms with E-state index in [-0.39, 0.29) is 23.9 Å². The molecule has 3 nitrogen and oxygen atoms in total. The summed E-state index contributed by atoms with van der Waals surface area (Å²) in [7, 11) is 0. The number of halogens is 9. The third kappa shape index (κ3) is 7.26. The van der Waals surface area contributed by atoms with Crippen LogP contribution in [0.2, 0.25) is 0 Å². The van der Waals surface area contributed by atoms with E-state index in [1.54, 1.807) is 0 Å². The molecule has 12 heteroatoms. The molecular formula is C25H26F9NO2. The highest BCUT2D eigenvalue weighted by atomic mass is 19.2. The van der Waals surface area contributed by atoms with Crippen LogP contribution in [0.15, 0.2) is 6.07 Å². The number of hydrogen-bond donors (Lipinski definition) is 0. The van der Waals surface area contributed by atoms with Gasteiger partial charge in [0.15, 0.2) is 46.5 Å². The number of carbonyl (C=O) groups is 2. The number of benzene rings is 2. The van der Waals surface area contributed by atoms with Crippen molar-refractivity contribution in [2.45, 2.75) is 72.3 Å². The van der Waals surface area contributed by atoms with Crippen LogP contribution in [0.5, 0.6) is 0 Å². The summed E-state index contributed by atoms with van der Waals surface area (Å²) in [5.74, 6) is -16.2. The van der Waals surface area contributed by atoms with Crippen molar-refractivity contribution < 1.29 is 49.1 Å². The zero-order valence-electron chi connectivity index (χ0n) is 20.9. The number of hydrogen-bond acceptors (Lipinski definition) is 2. The van der Waals surface area contributed by atoms with Gasteiger partial charge in [-0.25, -0.2) is 39.5 Å². The van der Waals surface area contributed by atoms with Gasteiger partial charge in [-0.2, -0.15) is 0 Å². The smallest absolute Gasteiger partial charge is 0.229 e. The van der Waals surface area contributed by atoms with Crippen molar-refractivity contribution in [1.82, 2.24) is 4.90 Å². The van der Waals surface area contributed by atoms with Gasteiger partial charge < -0.3 is 0 Å². The lowest BCUT2D eigenvalue weighted by Gasteiger charge is -2.17. The van der Waals surface area contributed by atoms with Crippen molar-refractivity contribution in [3.8, 4) is 0 Å². The number of imide groups is 1. The van der Waals surface area contributed by atoms with E-state index in [0.717, 1.165) is 0 Å². The second-order valence-corrected chi connectivity index (χ2v) is 8.93. The number of likely N-dealkylation sites (tertiary alicyclic amines) is 1. The Bertz CT molecular complexity index is 1090. The Morgan fingerprint density at radius 1 is 0.541 bits per heavy atom. The zero-order valence-corrected chi connectivity index (χ0v) is 20.9. The molecular weight excluding hydrogens is 517 g/mol. The molecule has 1 aliphatic rings. The fourth-order valence-corrected chi connectivity index (χ4v) is 3.40. The maximum Gasteiger partial charge on any atom is 0.229 e. The minimum atomic E-state index is -2.12. The fraction of sp³-hybridized carbons (Fsp3) is 0.440. The molecule has 0 aliphatic carbocycles. The Morgan fingerprint density at radius 3 is 1.11 bits per heavy atom. The summed E-state index contributed by atoms with van der Waals surface area (Å²) in [6.45, 7) is 9.31. The van der Waals surface area contributed by atoms with Crippen LogP contribution >= 0.6 is 0 Å². The van der Waals surface area contributed by atoms with Crippen molar-refractivity contribution in [1.29, 1.82) is 0 Å². The normalized spacial score (nSPS) is 13.3. The van der Waals surface area contributed by atoms with Crippen LogP contribution in [0.25, 0.3) is 0 Å². The second kappa shape index (κ2) is 13.0. The van der Waals surface area contributed by atoms with Gasteiger partial charge in [0.1, 0.15) is 0 Å². The van der Waals surface area contributed by atoms with Gasteiger partial charge in [0.25, 0.3) is 0 Å². The standard InChI is InChI=1S/C9H7F5.C9H8F4.C7H11NO2/c1-3(2)4-5(10)7(12)9(14)8(13)6(4)11;1-4(2)7-8(12)5(10)3-6(11)9(7)13;1-5(2)8-6(9)3-4-7(8)10/h3H,1-2H3;3-4H,1-2H3;5H,3-4H2,1-2H3. The largest absolute Gasteiger partial charge is 0.280 e. The quantitative estimate of drug-likeness (QED) is 0.175. The molecule has 0 spiro atoms. The molecule has 1 heterocycles. The Morgan fingerprint density at radius 2 is 0.838 bits per heavy atom. The predicted molar refractivity (Wildman–Crippen MR) is 117 cm³/mol. The molecule has 1 aliphatic heterocycles. The van der Waals surface area contributed by atoms with Crippen LogP contribution in [0.4, 0.5) is 39.5 Å². The Hall–Kier alpha value is -3.05. The number of rotatable bonds is 3. The minimum absolute atomic E-state index is 0.0278. The molecule has 3 rings (SSSR count). The van der Waals surface area contributed by atoms with Gasteiger partial charge in [-0.1, -0.05) is 27.7 Å². The van der Waals surface area contributed by atoms with Crippen LogP contribution in [-0.4, -0.2) is 22.8 Å². The van der Waals surface area contributed by atoms with Crippen molar-refractivity contribution in [2.24, 2.45) is 0 Å². The molecule has 1 fully saturated rings. The van der Waals surface area contributed by atoms with Gasteiger partial charge in [-0.3, -0.25) is 14.5 Å². The zero-order chi connectivity index (χ0) is 28.9.